The monoisotopic (exact) mass is 300 g/mol. The van der Waals surface area contributed by atoms with Crippen LogP contribution in [0.25, 0.3) is 0 Å². The summed E-state index contributed by atoms with van der Waals surface area (Å²) in [7, 11) is 0. The Kier molecular flexibility index (Phi) is 2.92. The van der Waals surface area contributed by atoms with E-state index >= 15 is 0 Å². The first kappa shape index (κ1) is 12.8. The van der Waals surface area contributed by atoms with Crippen LogP contribution in [0.1, 0.15) is 12.8 Å². The summed E-state index contributed by atoms with van der Waals surface area (Å²) in [6, 6.07) is 9.96. The van der Waals surface area contributed by atoms with Crippen LogP contribution in [0, 0.1) is 5.41 Å². The minimum absolute atomic E-state index is 0.0681. The highest BCUT2D eigenvalue weighted by Gasteiger charge is 2.48. The predicted molar refractivity (Wildman–Crippen MR) is 82.6 cm³/mol. The van der Waals surface area contributed by atoms with Gasteiger partial charge in [0.1, 0.15) is 5.51 Å². The molecule has 6 heteroatoms. The smallest absolute Gasteiger partial charge is 0.227 e. The van der Waals surface area contributed by atoms with E-state index in [9.17, 15) is 4.79 Å². The van der Waals surface area contributed by atoms with Gasteiger partial charge in [0.25, 0.3) is 0 Å². The Bertz CT molecular complexity index is 645. The molecular weight excluding hydrogens is 284 g/mol. The second kappa shape index (κ2) is 4.80. The Balaban J connectivity index is 1.54. The average Bonchev–Trinajstić information content (AvgIpc) is 3.21. The molecule has 1 spiro atoms. The summed E-state index contributed by atoms with van der Waals surface area (Å²) in [6.45, 7) is 2.67. The molecule has 1 aromatic carbocycles. The van der Waals surface area contributed by atoms with Crippen molar-refractivity contribution in [2.24, 2.45) is 5.41 Å². The minimum atomic E-state index is 0.0681. The summed E-state index contributed by atoms with van der Waals surface area (Å²) in [6.07, 6.45) is 1.68. The van der Waals surface area contributed by atoms with Crippen molar-refractivity contribution in [1.82, 2.24) is 10.2 Å². The maximum Gasteiger partial charge on any atom is 0.227 e. The highest BCUT2D eigenvalue weighted by molar-refractivity contribution is 7.13. The molecule has 4 rings (SSSR count). The van der Waals surface area contributed by atoms with Crippen LogP contribution in [0.15, 0.2) is 35.8 Å². The van der Waals surface area contributed by atoms with Crippen LogP contribution >= 0.6 is 11.3 Å². The van der Waals surface area contributed by atoms with Crippen LogP contribution in [-0.4, -0.2) is 35.7 Å². The topological polar surface area (TPSA) is 49.3 Å². The number of carbonyl (C=O) groups is 1. The van der Waals surface area contributed by atoms with Gasteiger partial charge in [0.05, 0.1) is 0 Å². The molecule has 0 bridgehead atoms. The summed E-state index contributed by atoms with van der Waals surface area (Å²) >= 11 is 1.57. The van der Waals surface area contributed by atoms with E-state index in [0.29, 0.717) is 6.42 Å². The molecule has 2 aromatic rings. The maximum absolute atomic E-state index is 12.4. The van der Waals surface area contributed by atoms with Crippen molar-refractivity contribution in [1.29, 1.82) is 0 Å². The van der Waals surface area contributed by atoms with Crippen LogP contribution in [-0.2, 0) is 4.79 Å². The van der Waals surface area contributed by atoms with E-state index in [2.05, 4.69) is 15.1 Å². The van der Waals surface area contributed by atoms with Crippen molar-refractivity contribution in [2.75, 3.05) is 29.4 Å². The molecule has 2 aliphatic heterocycles. The zero-order chi connectivity index (χ0) is 14.3. The highest BCUT2D eigenvalue weighted by atomic mass is 32.1. The van der Waals surface area contributed by atoms with Crippen molar-refractivity contribution in [3.8, 4) is 0 Å². The maximum atomic E-state index is 12.4. The van der Waals surface area contributed by atoms with Gasteiger partial charge in [-0.15, -0.1) is 10.2 Å². The number of aromatic nitrogens is 2. The highest BCUT2D eigenvalue weighted by Crippen LogP contribution is 2.43. The molecule has 0 unspecified atom stereocenters. The third-order valence-corrected chi connectivity index (χ3v) is 5.20. The van der Waals surface area contributed by atoms with Gasteiger partial charge in [-0.25, -0.2) is 0 Å². The third-order valence-electron chi connectivity index (χ3n) is 4.45. The molecular formula is C15H16N4OS. The van der Waals surface area contributed by atoms with Crippen LogP contribution in [0.3, 0.4) is 0 Å². The normalized spacial score (nSPS) is 25.2. The number of hydrogen-bond acceptors (Lipinski definition) is 5. The Labute approximate surface area is 127 Å². The largest absolute Gasteiger partial charge is 0.346 e. The molecule has 3 heterocycles. The first-order valence-corrected chi connectivity index (χ1v) is 8.00. The Morgan fingerprint density at radius 1 is 1.19 bits per heavy atom. The van der Waals surface area contributed by atoms with Crippen LogP contribution in [0.4, 0.5) is 10.8 Å². The molecule has 0 radical (unpaired) electrons. The Morgan fingerprint density at radius 3 is 2.81 bits per heavy atom. The van der Waals surface area contributed by atoms with Crippen LogP contribution < -0.4 is 9.80 Å². The van der Waals surface area contributed by atoms with E-state index < -0.39 is 0 Å². The Morgan fingerprint density at radius 2 is 2.05 bits per heavy atom. The molecule has 0 N–H and O–H groups in total. The van der Waals surface area contributed by atoms with Crippen molar-refractivity contribution in [2.45, 2.75) is 12.8 Å². The van der Waals surface area contributed by atoms with Gasteiger partial charge in [0.2, 0.25) is 11.0 Å². The van der Waals surface area contributed by atoms with Gasteiger partial charge in [0, 0.05) is 37.2 Å². The summed E-state index contributed by atoms with van der Waals surface area (Å²) in [4.78, 5) is 16.6. The van der Waals surface area contributed by atoms with Gasteiger partial charge < -0.3 is 9.80 Å². The quantitative estimate of drug-likeness (QED) is 0.853. The molecule has 0 saturated carbocycles. The number of anilines is 2. The lowest BCUT2D eigenvalue weighted by Gasteiger charge is -2.23. The molecule has 2 aliphatic rings. The fourth-order valence-corrected chi connectivity index (χ4v) is 4.00. The zero-order valence-corrected chi connectivity index (χ0v) is 12.4. The summed E-state index contributed by atoms with van der Waals surface area (Å²) in [5, 5.41) is 9.02. The average molecular weight is 300 g/mol. The number of para-hydroxylation sites is 1. The number of nitrogens with zero attached hydrogens (tertiary/aromatic N) is 4. The standard InChI is InChI=1S/C15H16N4OS/c20-13-8-15(10-19(13)12-4-2-1-3-5-12)6-7-18(9-15)14-17-16-11-21-14/h1-5,11H,6-10H2/t15-/m1/s1. The lowest BCUT2D eigenvalue weighted by molar-refractivity contribution is -0.117. The van der Waals surface area contributed by atoms with E-state index in [1.807, 2.05) is 35.2 Å². The molecule has 5 nitrogen and oxygen atoms in total. The molecule has 2 saturated heterocycles. The molecule has 1 aromatic heterocycles. The number of amides is 1. The van der Waals surface area contributed by atoms with Gasteiger partial charge in [-0.05, 0) is 18.6 Å². The number of hydrogen-bond donors (Lipinski definition) is 0. The number of rotatable bonds is 2. The van der Waals surface area contributed by atoms with Crippen molar-refractivity contribution < 1.29 is 4.79 Å². The van der Waals surface area contributed by atoms with E-state index in [-0.39, 0.29) is 11.3 Å². The van der Waals surface area contributed by atoms with Crippen molar-refractivity contribution in [3.05, 3.63) is 35.8 Å². The van der Waals surface area contributed by atoms with Crippen molar-refractivity contribution >= 4 is 28.1 Å². The fraction of sp³-hybridized carbons (Fsp3) is 0.400. The molecule has 1 atom stereocenters. The summed E-state index contributed by atoms with van der Waals surface area (Å²) in [5.74, 6) is 0.236. The second-order valence-electron chi connectivity index (χ2n) is 5.89. The SMILES string of the molecule is O=C1C[C@@]2(CCN(c3nncs3)C2)CN1c1ccccc1. The van der Waals surface area contributed by atoms with Gasteiger partial charge >= 0.3 is 0 Å². The van der Waals surface area contributed by atoms with E-state index in [4.69, 9.17) is 0 Å². The number of carbonyl (C=O) groups excluding carboxylic acids is 1. The number of benzene rings is 1. The lowest BCUT2D eigenvalue weighted by atomic mass is 9.86. The van der Waals surface area contributed by atoms with Crippen molar-refractivity contribution in [3.63, 3.8) is 0 Å². The van der Waals surface area contributed by atoms with E-state index in [1.165, 1.54) is 0 Å². The van der Waals surface area contributed by atoms with E-state index in [1.54, 1.807) is 16.8 Å². The summed E-state index contributed by atoms with van der Waals surface area (Å²) in [5.41, 5.74) is 2.84. The van der Waals surface area contributed by atoms with Gasteiger partial charge in [-0.3, -0.25) is 4.79 Å². The van der Waals surface area contributed by atoms with E-state index in [0.717, 1.165) is 36.9 Å². The first-order valence-electron chi connectivity index (χ1n) is 7.12. The lowest BCUT2D eigenvalue weighted by Crippen LogP contribution is -2.31. The molecule has 2 fully saturated rings. The molecule has 21 heavy (non-hydrogen) atoms. The first-order chi connectivity index (χ1) is 10.3. The predicted octanol–water partition coefficient (Wildman–Crippen LogP) is 2.17. The molecule has 1 amide bonds. The Hall–Kier alpha value is -1.95. The zero-order valence-electron chi connectivity index (χ0n) is 11.6. The fourth-order valence-electron chi connectivity index (χ4n) is 3.42. The summed E-state index contributed by atoms with van der Waals surface area (Å²) < 4.78 is 0. The van der Waals surface area contributed by atoms with Gasteiger partial charge in [0.15, 0.2) is 0 Å². The third kappa shape index (κ3) is 2.19. The molecule has 108 valence electrons. The minimum Gasteiger partial charge on any atom is -0.346 e. The van der Waals surface area contributed by atoms with Gasteiger partial charge in [-0.1, -0.05) is 29.5 Å². The van der Waals surface area contributed by atoms with Gasteiger partial charge in [-0.2, -0.15) is 0 Å². The van der Waals surface area contributed by atoms with Crippen LogP contribution in [0.5, 0.6) is 0 Å². The van der Waals surface area contributed by atoms with Crippen LogP contribution in [0.2, 0.25) is 0 Å². The molecule has 0 aliphatic carbocycles. The second-order valence-corrected chi connectivity index (χ2v) is 6.70.